The molecule has 0 heterocycles. The van der Waals surface area contributed by atoms with Crippen molar-refractivity contribution in [3.05, 3.63) is 0 Å². The Morgan fingerprint density at radius 3 is 2.54 bits per heavy atom. The number of halogens is 2. The van der Waals surface area contributed by atoms with E-state index in [2.05, 4.69) is 15.9 Å². The predicted octanol–water partition coefficient (Wildman–Crippen LogP) is 3.11. The Morgan fingerprint density at radius 1 is 1.54 bits per heavy atom. The van der Waals surface area contributed by atoms with Crippen molar-refractivity contribution in [1.29, 1.82) is 0 Å². The number of rotatable bonds is 6. The summed E-state index contributed by atoms with van der Waals surface area (Å²) in [5.74, 6) is 0.0940. The van der Waals surface area contributed by atoms with Gasteiger partial charge in [0.25, 0.3) is 0 Å². The predicted molar refractivity (Wildman–Crippen MR) is 58.5 cm³/mol. The topological polar surface area (TPSA) is 26.3 Å². The summed E-state index contributed by atoms with van der Waals surface area (Å²) in [6.07, 6.45) is 2.91. The van der Waals surface area contributed by atoms with Crippen LogP contribution in [-0.2, 0) is 9.53 Å². The number of unbranched alkanes of at least 4 members (excludes halogenated alkanes) is 1. The lowest BCUT2D eigenvalue weighted by molar-refractivity contribution is -0.153. The van der Waals surface area contributed by atoms with Gasteiger partial charge >= 0.3 is 5.97 Å². The summed E-state index contributed by atoms with van der Waals surface area (Å²) in [4.78, 5) is 10.8. The quantitative estimate of drug-likeness (QED) is 0.421. The fourth-order valence-corrected chi connectivity index (χ4v) is 1.67. The standard InChI is InChI=1S/C9H16BrClO2/c1-8(12)13-9(2,7-11)5-3-4-6-10/h3-7H2,1-2H3. The van der Waals surface area contributed by atoms with Crippen molar-refractivity contribution in [3.63, 3.8) is 0 Å². The number of alkyl halides is 2. The Kier molecular flexibility index (Phi) is 6.78. The first kappa shape index (κ1) is 13.2. The van der Waals surface area contributed by atoms with E-state index in [-0.39, 0.29) is 5.97 Å². The third-order valence-corrected chi connectivity index (χ3v) is 2.89. The lowest BCUT2D eigenvalue weighted by atomic mass is 10.0. The zero-order chi connectivity index (χ0) is 10.3. The summed E-state index contributed by atoms with van der Waals surface area (Å²) in [5.41, 5.74) is -0.491. The van der Waals surface area contributed by atoms with E-state index < -0.39 is 5.60 Å². The molecule has 0 radical (unpaired) electrons. The minimum atomic E-state index is -0.491. The SMILES string of the molecule is CC(=O)OC(C)(CCl)CCCCBr. The Balaban J connectivity index is 3.88. The van der Waals surface area contributed by atoms with Gasteiger partial charge in [-0.15, -0.1) is 11.6 Å². The molecule has 0 spiro atoms. The number of esters is 1. The molecule has 0 rings (SSSR count). The van der Waals surface area contributed by atoms with Crippen molar-refractivity contribution in [2.75, 3.05) is 11.2 Å². The van der Waals surface area contributed by atoms with Gasteiger partial charge in [-0.2, -0.15) is 0 Å². The van der Waals surface area contributed by atoms with Gasteiger partial charge < -0.3 is 4.74 Å². The maximum atomic E-state index is 10.8. The van der Waals surface area contributed by atoms with E-state index in [9.17, 15) is 4.79 Å². The Bertz CT molecular complexity index is 164. The monoisotopic (exact) mass is 270 g/mol. The van der Waals surface area contributed by atoms with Crippen LogP contribution < -0.4 is 0 Å². The molecule has 0 aliphatic heterocycles. The molecule has 0 aromatic rings. The van der Waals surface area contributed by atoms with Crippen LogP contribution in [-0.4, -0.2) is 22.8 Å². The summed E-state index contributed by atoms with van der Waals surface area (Å²) in [5, 5.41) is 0.978. The van der Waals surface area contributed by atoms with Crippen molar-refractivity contribution in [2.24, 2.45) is 0 Å². The second-order valence-electron chi connectivity index (χ2n) is 3.32. The highest BCUT2D eigenvalue weighted by Crippen LogP contribution is 2.21. The van der Waals surface area contributed by atoms with Gasteiger partial charge in [-0.3, -0.25) is 4.79 Å². The highest BCUT2D eigenvalue weighted by molar-refractivity contribution is 9.09. The maximum absolute atomic E-state index is 10.8. The van der Waals surface area contributed by atoms with Crippen LogP contribution in [0.3, 0.4) is 0 Å². The number of hydrogen-bond acceptors (Lipinski definition) is 2. The molecule has 0 aliphatic rings. The summed E-state index contributed by atoms with van der Waals surface area (Å²) >= 11 is 9.09. The molecule has 13 heavy (non-hydrogen) atoms. The number of carbonyl (C=O) groups excluding carboxylic acids is 1. The molecular formula is C9H16BrClO2. The third kappa shape index (κ3) is 6.33. The van der Waals surface area contributed by atoms with Crippen molar-refractivity contribution >= 4 is 33.5 Å². The van der Waals surface area contributed by atoms with Crippen LogP contribution in [0.15, 0.2) is 0 Å². The van der Waals surface area contributed by atoms with Crippen LogP contribution in [0.4, 0.5) is 0 Å². The molecule has 0 saturated heterocycles. The molecule has 0 aliphatic carbocycles. The van der Waals surface area contributed by atoms with Crippen molar-refractivity contribution in [2.45, 2.75) is 38.7 Å². The van der Waals surface area contributed by atoms with Gasteiger partial charge in [-0.1, -0.05) is 15.9 Å². The molecule has 0 N–H and O–H groups in total. The highest BCUT2D eigenvalue weighted by Gasteiger charge is 2.25. The normalized spacial score (nSPS) is 15.1. The van der Waals surface area contributed by atoms with Crippen LogP contribution in [0.2, 0.25) is 0 Å². The van der Waals surface area contributed by atoms with Crippen molar-refractivity contribution < 1.29 is 9.53 Å². The molecule has 78 valence electrons. The summed E-state index contributed by atoms with van der Waals surface area (Å²) in [6.45, 7) is 3.28. The summed E-state index contributed by atoms with van der Waals surface area (Å²) in [7, 11) is 0. The van der Waals surface area contributed by atoms with Gasteiger partial charge in [0, 0.05) is 12.3 Å². The van der Waals surface area contributed by atoms with Gasteiger partial charge in [0.1, 0.15) is 5.60 Å². The average molecular weight is 272 g/mol. The smallest absolute Gasteiger partial charge is 0.303 e. The van der Waals surface area contributed by atoms with E-state index in [1.165, 1.54) is 6.92 Å². The first-order chi connectivity index (χ1) is 6.04. The molecule has 1 atom stereocenters. The molecule has 1 unspecified atom stereocenters. The number of carbonyl (C=O) groups is 1. The minimum Gasteiger partial charge on any atom is -0.458 e. The van der Waals surface area contributed by atoms with Gasteiger partial charge in [-0.05, 0) is 26.2 Å². The van der Waals surface area contributed by atoms with E-state index in [4.69, 9.17) is 16.3 Å². The van der Waals surface area contributed by atoms with Crippen molar-refractivity contribution in [3.8, 4) is 0 Å². The van der Waals surface area contributed by atoms with Crippen LogP contribution in [0, 0.1) is 0 Å². The van der Waals surface area contributed by atoms with Crippen LogP contribution in [0.5, 0.6) is 0 Å². The molecular weight excluding hydrogens is 255 g/mol. The molecule has 0 bridgehead atoms. The minimum absolute atomic E-state index is 0.262. The van der Waals surface area contributed by atoms with Crippen LogP contribution >= 0.6 is 27.5 Å². The van der Waals surface area contributed by atoms with Gasteiger partial charge in [0.05, 0.1) is 5.88 Å². The summed E-state index contributed by atoms with van der Waals surface area (Å²) < 4.78 is 5.15. The lowest BCUT2D eigenvalue weighted by Gasteiger charge is -2.26. The summed E-state index contributed by atoms with van der Waals surface area (Å²) in [6, 6.07) is 0. The lowest BCUT2D eigenvalue weighted by Crippen LogP contribution is -2.32. The molecule has 2 nitrogen and oxygen atoms in total. The fraction of sp³-hybridized carbons (Fsp3) is 0.889. The van der Waals surface area contributed by atoms with Crippen LogP contribution in [0.25, 0.3) is 0 Å². The first-order valence-electron chi connectivity index (χ1n) is 4.35. The molecule has 4 heteroatoms. The van der Waals surface area contributed by atoms with E-state index in [0.717, 1.165) is 24.6 Å². The maximum Gasteiger partial charge on any atom is 0.303 e. The number of hydrogen-bond donors (Lipinski definition) is 0. The Morgan fingerprint density at radius 2 is 2.15 bits per heavy atom. The van der Waals surface area contributed by atoms with Gasteiger partial charge in [0.15, 0.2) is 0 Å². The molecule has 0 aromatic carbocycles. The Hall–Kier alpha value is 0.240. The second kappa shape index (κ2) is 6.66. The number of ether oxygens (including phenoxy) is 1. The van der Waals surface area contributed by atoms with Gasteiger partial charge in [-0.25, -0.2) is 0 Å². The molecule has 0 aromatic heterocycles. The van der Waals surface area contributed by atoms with E-state index >= 15 is 0 Å². The highest BCUT2D eigenvalue weighted by atomic mass is 79.9. The zero-order valence-electron chi connectivity index (χ0n) is 8.11. The van der Waals surface area contributed by atoms with Gasteiger partial charge in [0.2, 0.25) is 0 Å². The molecule has 0 fully saturated rings. The van der Waals surface area contributed by atoms with Crippen LogP contribution in [0.1, 0.15) is 33.1 Å². The second-order valence-corrected chi connectivity index (χ2v) is 4.38. The molecule has 0 amide bonds. The first-order valence-corrected chi connectivity index (χ1v) is 6.01. The third-order valence-electron chi connectivity index (χ3n) is 1.76. The molecule has 0 saturated carbocycles. The largest absolute Gasteiger partial charge is 0.458 e. The van der Waals surface area contributed by atoms with Crippen molar-refractivity contribution in [1.82, 2.24) is 0 Å². The average Bonchev–Trinajstić information content (AvgIpc) is 2.04. The Labute approximate surface area is 93.1 Å². The van der Waals surface area contributed by atoms with E-state index in [1.54, 1.807) is 0 Å². The van der Waals surface area contributed by atoms with E-state index in [1.807, 2.05) is 6.92 Å². The van der Waals surface area contributed by atoms with E-state index in [0.29, 0.717) is 5.88 Å². The zero-order valence-corrected chi connectivity index (χ0v) is 10.4. The fourth-order valence-electron chi connectivity index (χ4n) is 1.09.